The lowest BCUT2D eigenvalue weighted by Gasteiger charge is -2.39. The van der Waals surface area contributed by atoms with Gasteiger partial charge in [-0.1, -0.05) is 129 Å². The molecule has 1 saturated heterocycles. The summed E-state index contributed by atoms with van der Waals surface area (Å²) in [4.78, 5) is 11.8. The van der Waals surface area contributed by atoms with Gasteiger partial charge in [0, 0.05) is 13.0 Å². The van der Waals surface area contributed by atoms with Gasteiger partial charge in [-0.05, 0) is 6.42 Å². The van der Waals surface area contributed by atoms with Crippen molar-refractivity contribution in [1.29, 1.82) is 0 Å². The summed E-state index contributed by atoms with van der Waals surface area (Å²) in [6.07, 6.45) is 17.9. The molecule has 1 aliphatic heterocycles. The Kier molecular flexibility index (Phi) is 24.8. The maximum absolute atomic E-state index is 11.8. The number of aliphatic hydroxyl groups is 4. The van der Waals surface area contributed by atoms with Crippen molar-refractivity contribution in [3.05, 3.63) is 0 Å². The number of esters is 1. The summed E-state index contributed by atoms with van der Waals surface area (Å²) in [5.74, 6) is -0.399. The number of carbonyl (C=O) groups excluding carboxylic acids is 1. The molecule has 0 aliphatic carbocycles. The van der Waals surface area contributed by atoms with Crippen molar-refractivity contribution in [2.24, 2.45) is 0 Å². The van der Waals surface area contributed by atoms with E-state index in [2.05, 4.69) is 6.92 Å². The number of rotatable bonds is 28. The van der Waals surface area contributed by atoms with Crippen molar-refractivity contribution in [1.82, 2.24) is 0 Å². The summed E-state index contributed by atoms with van der Waals surface area (Å²) in [6, 6.07) is 0. The number of hydrogen-bond acceptors (Lipinski definition) is 9. The van der Waals surface area contributed by atoms with Crippen molar-refractivity contribution in [3.63, 3.8) is 0 Å². The quantitative estimate of drug-likeness (QED) is 0.0667. The maximum Gasteiger partial charge on any atom is 0.305 e. The smallest absolute Gasteiger partial charge is 0.305 e. The Balaban J connectivity index is 2.02. The van der Waals surface area contributed by atoms with Gasteiger partial charge in [0.2, 0.25) is 0 Å². The number of hydrogen-bond donors (Lipinski definition) is 4. The molecular weight excluding hydrogens is 540 g/mol. The van der Waals surface area contributed by atoms with Gasteiger partial charge in [-0.15, -0.1) is 0 Å². The second-order valence-corrected chi connectivity index (χ2v) is 11.9. The van der Waals surface area contributed by atoms with Crippen molar-refractivity contribution in [3.8, 4) is 0 Å². The van der Waals surface area contributed by atoms with Crippen LogP contribution < -0.4 is 0 Å². The maximum atomic E-state index is 11.8. The van der Waals surface area contributed by atoms with Crippen LogP contribution in [0.3, 0.4) is 0 Å². The highest BCUT2D eigenvalue weighted by Gasteiger charge is 2.44. The van der Waals surface area contributed by atoms with Crippen LogP contribution in [0.2, 0.25) is 0 Å². The third kappa shape index (κ3) is 18.8. The molecule has 0 spiro atoms. The van der Waals surface area contributed by atoms with Crippen molar-refractivity contribution in [2.75, 3.05) is 26.4 Å². The number of aliphatic hydroxyl groups excluding tert-OH is 4. The van der Waals surface area contributed by atoms with Crippen LogP contribution in [0.5, 0.6) is 0 Å². The SMILES string of the molecule is CCCCCCCCCCCCCCCCCCCCCOCC(COC1OC(CO)C(O)C(O)C1O)OC(=O)CC. The largest absolute Gasteiger partial charge is 0.457 e. The molecule has 9 heteroatoms. The number of carbonyl (C=O) groups is 1. The van der Waals surface area contributed by atoms with Crippen LogP contribution in [0, 0.1) is 0 Å². The molecule has 0 bridgehead atoms. The first-order chi connectivity index (χ1) is 20.4. The Labute approximate surface area is 255 Å². The minimum Gasteiger partial charge on any atom is -0.457 e. The fourth-order valence-electron chi connectivity index (χ4n) is 5.29. The van der Waals surface area contributed by atoms with Crippen LogP contribution in [0.1, 0.15) is 142 Å². The minimum atomic E-state index is -1.52. The standard InChI is InChI=1S/C33H64O9/c1-3-5-6-7-8-9-10-11-12-13-14-15-16-17-18-19-20-21-22-23-39-25-27(41-29(35)4-2)26-40-33-32(38)31(37)30(36)28(24-34)42-33/h27-28,30-34,36-38H,3-26H2,1-2H3. The van der Waals surface area contributed by atoms with E-state index in [9.17, 15) is 25.2 Å². The topological polar surface area (TPSA) is 135 Å². The Morgan fingerprint density at radius 1 is 0.667 bits per heavy atom. The molecule has 6 atom stereocenters. The van der Waals surface area contributed by atoms with E-state index in [4.69, 9.17) is 18.9 Å². The van der Waals surface area contributed by atoms with Crippen LogP contribution in [0.25, 0.3) is 0 Å². The zero-order chi connectivity index (χ0) is 30.8. The van der Waals surface area contributed by atoms with Gasteiger partial charge in [0.1, 0.15) is 30.5 Å². The van der Waals surface area contributed by atoms with Gasteiger partial charge in [-0.3, -0.25) is 4.79 Å². The van der Waals surface area contributed by atoms with Gasteiger partial charge < -0.3 is 39.4 Å². The highest BCUT2D eigenvalue weighted by Crippen LogP contribution is 2.22. The van der Waals surface area contributed by atoms with Crippen LogP contribution >= 0.6 is 0 Å². The van der Waals surface area contributed by atoms with Crippen molar-refractivity contribution >= 4 is 5.97 Å². The highest BCUT2D eigenvalue weighted by molar-refractivity contribution is 5.69. The Morgan fingerprint density at radius 3 is 1.60 bits per heavy atom. The molecule has 1 aliphatic rings. The molecule has 0 radical (unpaired) electrons. The van der Waals surface area contributed by atoms with Crippen LogP contribution in [-0.2, 0) is 23.7 Å². The molecule has 9 nitrogen and oxygen atoms in total. The fraction of sp³-hybridized carbons (Fsp3) is 0.970. The lowest BCUT2D eigenvalue weighted by Crippen LogP contribution is -2.59. The third-order valence-electron chi connectivity index (χ3n) is 8.08. The molecule has 0 saturated carbocycles. The van der Waals surface area contributed by atoms with E-state index < -0.39 is 49.4 Å². The second-order valence-electron chi connectivity index (χ2n) is 11.9. The molecule has 0 aromatic rings. The molecule has 4 N–H and O–H groups in total. The van der Waals surface area contributed by atoms with Gasteiger partial charge in [0.25, 0.3) is 0 Å². The lowest BCUT2D eigenvalue weighted by molar-refractivity contribution is -0.305. The molecule has 0 amide bonds. The highest BCUT2D eigenvalue weighted by atomic mass is 16.7. The van der Waals surface area contributed by atoms with Gasteiger partial charge >= 0.3 is 5.97 Å². The predicted molar refractivity (Wildman–Crippen MR) is 164 cm³/mol. The molecule has 1 heterocycles. The average Bonchev–Trinajstić information content (AvgIpc) is 2.99. The summed E-state index contributed by atoms with van der Waals surface area (Å²) in [5, 5.41) is 39.3. The first kappa shape index (κ1) is 39.2. The lowest BCUT2D eigenvalue weighted by atomic mass is 9.99. The van der Waals surface area contributed by atoms with E-state index in [1.165, 1.54) is 109 Å². The predicted octanol–water partition coefficient (Wildman–Crippen LogP) is 5.57. The minimum absolute atomic E-state index is 0.117. The molecule has 6 unspecified atom stereocenters. The Hall–Kier alpha value is -0.810. The van der Waals surface area contributed by atoms with E-state index in [0.717, 1.165) is 12.8 Å². The second kappa shape index (κ2) is 26.6. The Bertz CT molecular complexity index is 618. The molecule has 0 aromatic heterocycles. The van der Waals surface area contributed by atoms with Crippen molar-refractivity contribution in [2.45, 2.75) is 179 Å². The molecule has 1 rings (SSSR count). The van der Waals surface area contributed by atoms with Crippen LogP contribution in [0.15, 0.2) is 0 Å². The van der Waals surface area contributed by atoms with Gasteiger partial charge in [0.15, 0.2) is 6.29 Å². The van der Waals surface area contributed by atoms with Crippen molar-refractivity contribution < 1.29 is 44.2 Å². The fourth-order valence-corrected chi connectivity index (χ4v) is 5.29. The van der Waals surface area contributed by atoms with E-state index in [-0.39, 0.29) is 19.6 Å². The van der Waals surface area contributed by atoms with E-state index in [1.54, 1.807) is 6.92 Å². The zero-order valence-corrected chi connectivity index (χ0v) is 26.8. The summed E-state index contributed by atoms with van der Waals surface area (Å²) in [6.45, 7) is 4.00. The first-order valence-corrected chi connectivity index (χ1v) is 17.1. The molecule has 1 fully saturated rings. The normalized spacial score (nSPS) is 23.2. The van der Waals surface area contributed by atoms with Crippen LogP contribution in [-0.4, -0.2) is 89.6 Å². The first-order valence-electron chi connectivity index (χ1n) is 17.1. The molecule has 250 valence electrons. The van der Waals surface area contributed by atoms with E-state index in [1.807, 2.05) is 0 Å². The summed E-state index contributed by atoms with van der Waals surface area (Å²) in [5.41, 5.74) is 0. The summed E-state index contributed by atoms with van der Waals surface area (Å²) < 4.78 is 22.0. The zero-order valence-electron chi connectivity index (χ0n) is 26.8. The van der Waals surface area contributed by atoms with Gasteiger partial charge in [0.05, 0.1) is 19.8 Å². The average molecular weight is 605 g/mol. The summed E-state index contributed by atoms with van der Waals surface area (Å²) in [7, 11) is 0. The number of unbranched alkanes of at least 4 members (excludes halogenated alkanes) is 18. The molecule has 0 aromatic carbocycles. The van der Waals surface area contributed by atoms with Gasteiger partial charge in [-0.25, -0.2) is 0 Å². The van der Waals surface area contributed by atoms with E-state index in [0.29, 0.717) is 6.61 Å². The third-order valence-corrected chi connectivity index (χ3v) is 8.08. The molecular formula is C33H64O9. The Morgan fingerprint density at radius 2 is 1.14 bits per heavy atom. The van der Waals surface area contributed by atoms with Gasteiger partial charge in [-0.2, -0.15) is 0 Å². The molecule has 42 heavy (non-hydrogen) atoms. The monoisotopic (exact) mass is 604 g/mol. The summed E-state index contributed by atoms with van der Waals surface area (Å²) >= 11 is 0. The number of ether oxygens (including phenoxy) is 4. The van der Waals surface area contributed by atoms with E-state index >= 15 is 0 Å². The van der Waals surface area contributed by atoms with Crippen LogP contribution in [0.4, 0.5) is 0 Å².